The average Bonchev–Trinajstić information content (AvgIpc) is 2.79. The fraction of sp³-hybridized carbons (Fsp3) is 0.200. The van der Waals surface area contributed by atoms with E-state index in [1.54, 1.807) is 36.5 Å². The van der Waals surface area contributed by atoms with Crippen LogP contribution in [-0.4, -0.2) is 16.2 Å². The summed E-state index contributed by atoms with van der Waals surface area (Å²) in [5.41, 5.74) is 2.39. The van der Waals surface area contributed by atoms with Crippen molar-refractivity contribution in [3.05, 3.63) is 82.4 Å². The molecule has 0 saturated carbocycles. The molecule has 0 unspecified atom stereocenters. The molecule has 0 aliphatic rings. The SMILES string of the molecule is CC=Nc1c(C)ncnc1N[C@@H](CC)c1oc2ccccc2c(=O)c1-c1cccc(F)c1. The van der Waals surface area contributed by atoms with E-state index in [9.17, 15) is 9.18 Å². The minimum atomic E-state index is -0.423. The summed E-state index contributed by atoms with van der Waals surface area (Å²) in [5, 5.41) is 3.81. The normalized spacial score (nSPS) is 12.4. The van der Waals surface area contributed by atoms with E-state index < -0.39 is 11.9 Å². The minimum Gasteiger partial charge on any atom is -0.458 e. The smallest absolute Gasteiger partial charge is 0.200 e. The van der Waals surface area contributed by atoms with Crippen LogP contribution >= 0.6 is 0 Å². The van der Waals surface area contributed by atoms with Crippen molar-refractivity contribution < 1.29 is 8.81 Å². The van der Waals surface area contributed by atoms with Crippen LogP contribution in [0, 0.1) is 12.7 Å². The van der Waals surface area contributed by atoms with Crippen molar-refractivity contribution in [2.45, 2.75) is 33.2 Å². The number of aliphatic imine (C=N–C) groups is 1. The molecule has 0 fully saturated rings. The molecule has 0 amide bonds. The van der Waals surface area contributed by atoms with Crippen molar-refractivity contribution in [1.82, 2.24) is 9.97 Å². The van der Waals surface area contributed by atoms with Crippen LogP contribution in [0.1, 0.15) is 37.8 Å². The molecule has 6 nitrogen and oxygen atoms in total. The van der Waals surface area contributed by atoms with Gasteiger partial charge in [0.1, 0.15) is 29.2 Å². The number of rotatable bonds is 6. The Balaban J connectivity index is 1.94. The molecule has 1 atom stereocenters. The molecule has 2 aromatic carbocycles. The van der Waals surface area contributed by atoms with Crippen molar-refractivity contribution in [3.8, 4) is 11.1 Å². The highest BCUT2D eigenvalue weighted by atomic mass is 19.1. The maximum atomic E-state index is 14.1. The summed E-state index contributed by atoms with van der Waals surface area (Å²) in [4.78, 5) is 26.5. The first-order valence-corrected chi connectivity index (χ1v) is 10.4. The van der Waals surface area contributed by atoms with E-state index in [0.29, 0.717) is 45.8 Å². The highest BCUT2D eigenvalue weighted by Gasteiger charge is 2.24. The van der Waals surface area contributed by atoms with E-state index in [1.165, 1.54) is 18.5 Å². The Labute approximate surface area is 184 Å². The summed E-state index contributed by atoms with van der Waals surface area (Å²) in [5.74, 6) is 0.529. The molecule has 4 aromatic rings. The van der Waals surface area contributed by atoms with Crippen LogP contribution in [0.4, 0.5) is 15.9 Å². The molecular formula is C25H23FN4O2. The maximum Gasteiger partial charge on any atom is 0.200 e. The number of nitrogens with zero attached hydrogens (tertiary/aromatic N) is 3. The number of aryl methyl sites for hydroxylation is 1. The van der Waals surface area contributed by atoms with E-state index in [2.05, 4.69) is 20.3 Å². The van der Waals surface area contributed by atoms with Crippen LogP contribution in [0.5, 0.6) is 0 Å². The van der Waals surface area contributed by atoms with Crippen molar-refractivity contribution >= 4 is 28.7 Å². The van der Waals surface area contributed by atoms with Crippen molar-refractivity contribution in [1.29, 1.82) is 0 Å². The van der Waals surface area contributed by atoms with Crippen LogP contribution in [0.15, 0.2) is 69.1 Å². The van der Waals surface area contributed by atoms with E-state index in [0.717, 1.165) is 5.69 Å². The number of aromatic nitrogens is 2. The third kappa shape index (κ3) is 4.01. The molecule has 0 saturated heterocycles. The van der Waals surface area contributed by atoms with Crippen molar-refractivity contribution in [3.63, 3.8) is 0 Å². The fourth-order valence-corrected chi connectivity index (χ4v) is 3.70. The molecule has 1 N–H and O–H groups in total. The van der Waals surface area contributed by atoms with Gasteiger partial charge >= 0.3 is 0 Å². The Hall–Kier alpha value is -3.87. The third-order valence-electron chi connectivity index (χ3n) is 5.24. The molecule has 7 heteroatoms. The summed E-state index contributed by atoms with van der Waals surface area (Å²) in [6, 6.07) is 12.6. The predicted molar refractivity (Wildman–Crippen MR) is 125 cm³/mol. The average molecular weight is 430 g/mol. The number of para-hydroxylation sites is 1. The number of anilines is 1. The highest BCUT2D eigenvalue weighted by molar-refractivity contribution is 5.83. The molecule has 0 radical (unpaired) electrons. The number of fused-ring (bicyclic) bond motifs is 1. The van der Waals surface area contributed by atoms with E-state index in [1.807, 2.05) is 26.8 Å². The van der Waals surface area contributed by atoms with E-state index >= 15 is 0 Å². The van der Waals surface area contributed by atoms with Crippen LogP contribution < -0.4 is 10.7 Å². The molecule has 162 valence electrons. The molecule has 0 aliphatic carbocycles. The van der Waals surface area contributed by atoms with Crippen molar-refractivity contribution in [2.24, 2.45) is 4.99 Å². The fourth-order valence-electron chi connectivity index (χ4n) is 3.70. The summed E-state index contributed by atoms with van der Waals surface area (Å²) in [6.07, 6.45) is 3.72. The molecule has 2 heterocycles. The molecule has 0 spiro atoms. The summed E-state index contributed by atoms with van der Waals surface area (Å²) >= 11 is 0. The van der Waals surface area contributed by atoms with Gasteiger partial charge in [0.25, 0.3) is 0 Å². The van der Waals surface area contributed by atoms with Gasteiger partial charge in [-0.25, -0.2) is 14.4 Å². The molecule has 0 bridgehead atoms. The van der Waals surface area contributed by atoms with E-state index in [-0.39, 0.29) is 5.43 Å². The molecule has 32 heavy (non-hydrogen) atoms. The molecular weight excluding hydrogens is 407 g/mol. The van der Waals surface area contributed by atoms with Crippen LogP contribution in [0.2, 0.25) is 0 Å². The van der Waals surface area contributed by atoms with Gasteiger partial charge in [-0.2, -0.15) is 0 Å². The largest absolute Gasteiger partial charge is 0.458 e. The third-order valence-corrected chi connectivity index (χ3v) is 5.24. The predicted octanol–water partition coefficient (Wildman–Crippen LogP) is 5.98. The minimum absolute atomic E-state index is 0.210. The van der Waals surface area contributed by atoms with Crippen LogP contribution in [0.3, 0.4) is 0 Å². The second-order valence-corrected chi connectivity index (χ2v) is 7.33. The number of nitrogens with one attached hydrogen (secondary N) is 1. The Morgan fingerprint density at radius 1 is 1.19 bits per heavy atom. The zero-order valence-electron chi connectivity index (χ0n) is 18.1. The lowest BCUT2D eigenvalue weighted by Crippen LogP contribution is -2.17. The van der Waals surface area contributed by atoms with Gasteiger partial charge in [0.15, 0.2) is 5.82 Å². The lowest BCUT2D eigenvalue weighted by atomic mass is 9.97. The van der Waals surface area contributed by atoms with Gasteiger partial charge in [0, 0.05) is 6.21 Å². The monoisotopic (exact) mass is 430 g/mol. The van der Waals surface area contributed by atoms with Gasteiger partial charge in [-0.15, -0.1) is 0 Å². The zero-order valence-corrected chi connectivity index (χ0v) is 18.1. The Morgan fingerprint density at radius 3 is 2.75 bits per heavy atom. The standard InChI is InChI=1S/C25H23FN4O2/c1-4-19(30-25-22(27-5-2)15(3)28-14-29-25)24-21(16-9-8-10-17(26)13-16)23(31)18-11-6-7-12-20(18)32-24/h5-14,19H,4H2,1-3H3,(H,28,29,30)/t19-/m0/s1. The van der Waals surface area contributed by atoms with Gasteiger partial charge in [-0.1, -0.05) is 31.2 Å². The van der Waals surface area contributed by atoms with Crippen LogP contribution in [0.25, 0.3) is 22.1 Å². The summed E-state index contributed by atoms with van der Waals surface area (Å²) < 4.78 is 20.3. The summed E-state index contributed by atoms with van der Waals surface area (Å²) in [7, 11) is 0. The topological polar surface area (TPSA) is 80.4 Å². The summed E-state index contributed by atoms with van der Waals surface area (Å²) in [6.45, 7) is 5.64. The molecule has 2 aromatic heterocycles. The number of hydrogen-bond donors (Lipinski definition) is 1. The first kappa shape index (κ1) is 21.4. The highest BCUT2D eigenvalue weighted by Crippen LogP contribution is 2.35. The first-order valence-electron chi connectivity index (χ1n) is 10.4. The number of hydrogen-bond acceptors (Lipinski definition) is 6. The van der Waals surface area contributed by atoms with Gasteiger partial charge in [-0.05, 0) is 50.1 Å². The number of halogens is 1. The molecule has 4 rings (SSSR count). The lowest BCUT2D eigenvalue weighted by Gasteiger charge is -2.21. The Bertz CT molecular complexity index is 1360. The van der Waals surface area contributed by atoms with E-state index in [4.69, 9.17) is 4.42 Å². The second-order valence-electron chi connectivity index (χ2n) is 7.33. The van der Waals surface area contributed by atoms with Gasteiger partial charge in [0.2, 0.25) is 5.43 Å². The van der Waals surface area contributed by atoms with Crippen LogP contribution in [-0.2, 0) is 0 Å². The Kier molecular flexibility index (Phi) is 6.07. The first-order chi connectivity index (χ1) is 15.5. The lowest BCUT2D eigenvalue weighted by molar-refractivity contribution is 0.495. The number of benzene rings is 2. The maximum absolute atomic E-state index is 14.1. The van der Waals surface area contributed by atoms with Gasteiger partial charge in [-0.3, -0.25) is 9.79 Å². The van der Waals surface area contributed by atoms with Crippen molar-refractivity contribution in [2.75, 3.05) is 5.32 Å². The van der Waals surface area contributed by atoms with Gasteiger partial charge < -0.3 is 9.73 Å². The zero-order chi connectivity index (χ0) is 22.7. The molecule has 0 aliphatic heterocycles. The quantitative estimate of drug-likeness (QED) is 0.381. The second kappa shape index (κ2) is 9.09. The Morgan fingerprint density at radius 2 is 2.00 bits per heavy atom. The van der Waals surface area contributed by atoms with Gasteiger partial charge in [0.05, 0.1) is 22.7 Å².